The van der Waals surface area contributed by atoms with Crippen LogP contribution in [0.15, 0.2) is 22.7 Å². The van der Waals surface area contributed by atoms with Gasteiger partial charge in [0.05, 0.1) is 4.47 Å². The molecule has 1 aromatic rings. The molecule has 1 fully saturated rings. The van der Waals surface area contributed by atoms with Gasteiger partial charge in [0.15, 0.2) is 0 Å². The predicted molar refractivity (Wildman–Crippen MR) is 67.3 cm³/mol. The van der Waals surface area contributed by atoms with Crippen molar-refractivity contribution in [1.82, 2.24) is 0 Å². The Hall–Kier alpha value is -0.250. The van der Waals surface area contributed by atoms with Crippen LogP contribution in [0.2, 0.25) is 0 Å². The lowest BCUT2D eigenvalue weighted by Gasteiger charge is -2.31. The Morgan fingerprint density at radius 3 is 2.60 bits per heavy atom. The summed E-state index contributed by atoms with van der Waals surface area (Å²) in [6.45, 7) is 0. The Bertz CT molecular complexity index is 341. The van der Waals surface area contributed by atoms with Crippen LogP contribution in [0.1, 0.15) is 30.9 Å². The highest BCUT2D eigenvalue weighted by Crippen LogP contribution is 2.40. The first-order valence-electron chi connectivity index (χ1n) is 4.93. The zero-order valence-corrected chi connectivity index (χ0v) is 10.7. The molecule has 1 saturated carbocycles. The van der Waals surface area contributed by atoms with E-state index in [1.54, 1.807) is 0 Å². The highest BCUT2D eigenvalue weighted by Gasteiger charge is 2.27. The molecule has 3 N–H and O–H groups in total. The van der Waals surface area contributed by atoms with E-state index in [9.17, 15) is 5.11 Å². The lowest BCUT2D eigenvalue weighted by atomic mass is 9.77. The monoisotopic (exact) mass is 291 g/mol. The van der Waals surface area contributed by atoms with Gasteiger partial charge in [-0.3, -0.25) is 0 Å². The van der Waals surface area contributed by atoms with E-state index < -0.39 is 0 Å². The Morgan fingerprint density at radius 1 is 1.40 bits per heavy atom. The molecule has 0 radical (unpaired) electrons. The maximum atomic E-state index is 9.81. The van der Waals surface area contributed by atoms with Crippen LogP contribution in [-0.2, 0) is 0 Å². The van der Waals surface area contributed by atoms with E-state index in [1.165, 1.54) is 19.3 Å². The van der Waals surface area contributed by atoms with Gasteiger partial charge in [-0.1, -0.05) is 18.6 Å². The number of aromatic hydroxyl groups is 1. The molecule has 4 heteroatoms. The molecule has 0 aromatic heterocycles. The molecule has 0 aliphatic heterocycles. The maximum absolute atomic E-state index is 9.81. The SMILES string of the molecule is Cl.N[C@H](c1cccc(Br)c1O)C1CCC1. The molecular formula is C11H15BrClNO. The summed E-state index contributed by atoms with van der Waals surface area (Å²) in [4.78, 5) is 0. The lowest BCUT2D eigenvalue weighted by Crippen LogP contribution is -2.26. The smallest absolute Gasteiger partial charge is 0.134 e. The molecule has 2 nitrogen and oxygen atoms in total. The molecule has 0 saturated heterocycles. The minimum Gasteiger partial charge on any atom is -0.506 e. The fourth-order valence-electron chi connectivity index (χ4n) is 1.85. The fourth-order valence-corrected chi connectivity index (χ4v) is 2.24. The maximum Gasteiger partial charge on any atom is 0.134 e. The van der Waals surface area contributed by atoms with Gasteiger partial charge < -0.3 is 10.8 Å². The van der Waals surface area contributed by atoms with Crippen molar-refractivity contribution in [3.63, 3.8) is 0 Å². The van der Waals surface area contributed by atoms with Crippen molar-refractivity contribution in [3.8, 4) is 5.75 Å². The quantitative estimate of drug-likeness (QED) is 0.878. The molecule has 0 spiro atoms. The van der Waals surface area contributed by atoms with Crippen LogP contribution >= 0.6 is 28.3 Å². The first-order valence-corrected chi connectivity index (χ1v) is 5.72. The Kier molecular flexibility index (Phi) is 4.44. The summed E-state index contributed by atoms with van der Waals surface area (Å²) in [6, 6.07) is 5.63. The summed E-state index contributed by atoms with van der Waals surface area (Å²) in [5.41, 5.74) is 6.95. The summed E-state index contributed by atoms with van der Waals surface area (Å²) < 4.78 is 0.727. The van der Waals surface area contributed by atoms with E-state index in [0.29, 0.717) is 11.7 Å². The van der Waals surface area contributed by atoms with Crippen molar-refractivity contribution < 1.29 is 5.11 Å². The van der Waals surface area contributed by atoms with Gasteiger partial charge in [-0.2, -0.15) is 0 Å². The molecule has 1 aliphatic rings. The van der Waals surface area contributed by atoms with Gasteiger partial charge in [0.25, 0.3) is 0 Å². The van der Waals surface area contributed by atoms with E-state index in [2.05, 4.69) is 15.9 Å². The highest BCUT2D eigenvalue weighted by atomic mass is 79.9. The minimum absolute atomic E-state index is 0. The van der Waals surface area contributed by atoms with Gasteiger partial charge in [-0.05, 0) is 40.8 Å². The third-order valence-corrected chi connectivity index (χ3v) is 3.67. The van der Waals surface area contributed by atoms with Crippen molar-refractivity contribution in [2.75, 3.05) is 0 Å². The summed E-state index contributed by atoms with van der Waals surface area (Å²) in [5, 5.41) is 9.81. The second kappa shape index (κ2) is 5.19. The number of phenolic OH excluding ortho intramolecular Hbond substituents is 1. The number of hydrogen-bond donors (Lipinski definition) is 2. The largest absolute Gasteiger partial charge is 0.506 e. The van der Waals surface area contributed by atoms with Gasteiger partial charge >= 0.3 is 0 Å². The number of nitrogens with two attached hydrogens (primary N) is 1. The summed E-state index contributed by atoms with van der Waals surface area (Å²) in [5.74, 6) is 0.849. The number of halogens is 2. The Balaban J connectivity index is 0.00000112. The molecule has 0 heterocycles. The third kappa shape index (κ3) is 2.47. The second-order valence-corrected chi connectivity index (χ2v) is 4.75. The van der Waals surface area contributed by atoms with E-state index >= 15 is 0 Å². The third-order valence-electron chi connectivity index (χ3n) is 3.03. The first kappa shape index (κ1) is 12.8. The predicted octanol–water partition coefficient (Wildman–Crippen LogP) is 3.38. The molecule has 84 valence electrons. The summed E-state index contributed by atoms with van der Waals surface area (Å²) in [7, 11) is 0. The van der Waals surface area contributed by atoms with Gasteiger partial charge in [-0.15, -0.1) is 12.4 Å². The van der Waals surface area contributed by atoms with Crippen LogP contribution in [0, 0.1) is 5.92 Å². The van der Waals surface area contributed by atoms with Crippen molar-refractivity contribution in [3.05, 3.63) is 28.2 Å². The number of para-hydroxylation sites is 1. The van der Waals surface area contributed by atoms with Crippen LogP contribution in [-0.4, -0.2) is 5.11 Å². The van der Waals surface area contributed by atoms with Gasteiger partial charge in [0.1, 0.15) is 5.75 Å². The topological polar surface area (TPSA) is 46.2 Å². The first-order chi connectivity index (χ1) is 6.70. The normalized spacial score (nSPS) is 17.7. The standard InChI is InChI=1S/C11H14BrNO.ClH/c12-9-6-2-5-8(11(9)14)10(13)7-3-1-4-7;/h2,5-7,10,14H,1,3-4,13H2;1H/t10-;/m0./s1. The molecule has 0 bridgehead atoms. The molecule has 15 heavy (non-hydrogen) atoms. The Labute approximate surface area is 104 Å². The number of benzene rings is 1. The molecule has 2 rings (SSSR count). The number of hydrogen-bond acceptors (Lipinski definition) is 2. The average Bonchev–Trinajstić information content (AvgIpc) is 2.06. The van der Waals surface area contributed by atoms with E-state index in [0.717, 1.165) is 10.0 Å². The number of phenols is 1. The minimum atomic E-state index is -0.0127. The second-order valence-electron chi connectivity index (χ2n) is 3.89. The summed E-state index contributed by atoms with van der Waals surface area (Å²) >= 11 is 3.30. The molecule has 1 atom stereocenters. The molecule has 1 aromatic carbocycles. The van der Waals surface area contributed by atoms with E-state index in [1.807, 2.05) is 18.2 Å². The van der Waals surface area contributed by atoms with Crippen LogP contribution in [0.5, 0.6) is 5.75 Å². The molecule has 1 aliphatic carbocycles. The van der Waals surface area contributed by atoms with E-state index in [4.69, 9.17) is 5.73 Å². The highest BCUT2D eigenvalue weighted by molar-refractivity contribution is 9.10. The van der Waals surface area contributed by atoms with Gasteiger partial charge in [0, 0.05) is 11.6 Å². The van der Waals surface area contributed by atoms with Gasteiger partial charge in [0.2, 0.25) is 0 Å². The Morgan fingerprint density at radius 2 is 2.07 bits per heavy atom. The molecular weight excluding hydrogens is 277 g/mol. The molecule has 0 unspecified atom stereocenters. The van der Waals surface area contributed by atoms with Crippen molar-refractivity contribution in [2.45, 2.75) is 25.3 Å². The van der Waals surface area contributed by atoms with Crippen LogP contribution in [0.3, 0.4) is 0 Å². The summed E-state index contributed by atoms with van der Waals surface area (Å²) in [6.07, 6.45) is 3.65. The lowest BCUT2D eigenvalue weighted by molar-refractivity contribution is 0.260. The van der Waals surface area contributed by atoms with Crippen LogP contribution < -0.4 is 5.73 Å². The van der Waals surface area contributed by atoms with Crippen molar-refractivity contribution >= 4 is 28.3 Å². The average molecular weight is 293 g/mol. The fraction of sp³-hybridized carbons (Fsp3) is 0.455. The van der Waals surface area contributed by atoms with Crippen LogP contribution in [0.4, 0.5) is 0 Å². The number of rotatable bonds is 2. The zero-order valence-electron chi connectivity index (χ0n) is 8.32. The molecule has 0 amide bonds. The van der Waals surface area contributed by atoms with E-state index in [-0.39, 0.29) is 18.4 Å². The van der Waals surface area contributed by atoms with Gasteiger partial charge in [-0.25, -0.2) is 0 Å². The van der Waals surface area contributed by atoms with Crippen LogP contribution in [0.25, 0.3) is 0 Å². The van der Waals surface area contributed by atoms with Crippen molar-refractivity contribution in [2.24, 2.45) is 11.7 Å². The zero-order chi connectivity index (χ0) is 10.1. The van der Waals surface area contributed by atoms with Crippen molar-refractivity contribution in [1.29, 1.82) is 0 Å².